The van der Waals surface area contributed by atoms with Crippen molar-refractivity contribution in [3.63, 3.8) is 0 Å². The zero-order valence-electron chi connectivity index (χ0n) is 9.79. The Kier molecular flexibility index (Phi) is 11.6. The zero-order valence-corrected chi connectivity index (χ0v) is 10.6. The van der Waals surface area contributed by atoms with Gasteiger partial charge < -0.3 is 15.8 Å². The summed E-state index contributed by atoms with van der Waals surface area (Å²) in [5.41, 5.74) is 5.39. The molecular weight excluding hydrogens is 216 g/mol. The number of carbonyl (C=O) groups excluding carboxylic acids is 1. The lowest BCUT2D eigenvalue weighted by molar-refractivity contribution is -0.132. The Balaban J connectivity index is 0. The highest BCUT2D eigenvalue weighted by Gasteiger charge is 2.14. The molecule has 15 heavy (non-hydrogen) atoms. The van der Waals surface area contributed by atoms with Crippen molar-refractivity contribution >= 4 is 18.3 Å². The van der Waals surface area contributed by atoms with Crippen LogP contribution >= 0.6 is 12.4 Å². The molecule has 0 aliphatic heterocycles. The SMILES string of the molecule is CCCCOC(C)C(=O)N[C@@H](C)CN.Cl. The first-order chi connectivity index (χ1) is 6.61. The second kappa shape index (κ2) is 10.2. The molecule has 3 N–H and O–H groups in total. The van der Waals surface area contributed by atoms with Crippen LogP contribution in [0.4, 0.5) is 0 Å². The van der Waals surface area contributed by atoms with Gasteiger partial charge in [0.15, 0.2) is 0 Å². The van der Waals surface area contributed by atoms with E-state index in [1.807, 2.05) is 6.92 Å². The third-order valence-electron chi connectivity index (χ3n) is 1.98. The molecule has 0 fully saturated rings. The van der Waals surface area contributed by atoms with E-state index in [0.717, 1.165) is 12.8 Å². The number of amides is 1. The molecule has 2 atom stereocenters. The number of unbranched alkanes of at least 4 members (excludes halogenated alkanes) is 1. The summed E-state index contributed by atoms with van der Waals surface area (Å²) in [6.45, 7) is 6.81. The molecule has 0 aromatic carbocycles. The van der Waals surface area contributed by atoms with Crippen molar-refractivity contribution in [2.45, 2.75) is 45.8 Å². The van der Waals surface area contributed by atoms with E-state index in [2.05, 4.69) is 12.2 Å². The van der Waals surface area contributed by atoms with Crippen LogP contribution in [0.3, 0.4) is 0 Å². The second-order valence-electron chi connectivity index (χ2n) is 3.51. The van der Waals surface area contributed by atoms with Crippen molar-refractivity contribution in [1.82, 2.24) is 5.32 Å². The third kappa shape index (κ3) is 8.66. The summed E-state index contributed by atoms with van der Waals surface area (Å²) in [5.74, 6) is -0.0842. The maximum atomic E-state index is 11.4. The fourth-order valence-corrected chi connectivity index (χ4v) is 0.899. The number of ether oxygens (including phenoxy) is 1. The normalized spacial score (nSPS) is 13.9. The minimum atomic E-state index is -0.379. The van der Waals surface area contributed by atoms with Gasteiger partial charge in [-0.3, -0.25) is 4.79 Å². The van der Waals surface area contributed by atoms with Crippen LogP contribution in [0, 0.1) is 0 Å². The van der Waals surface area contributed by atoms with Gasteiger partial charge in [-0.2, -0.15) is 0 Å². The highest BCUT2D eigenvalue weighted by Crippen LogP contribution is 1.95. The molecule has 1 unspecified atom stereocenters. The van der Waals surface area contributed by atoms with Crippen LogP contribution in [0.25, 0.3) is 0 Å². The Hall–Kier alpha value is -0.320. The molecule has 0 aliphatic rings. The predicted octanol–water partition coefficient (Wildman–Crippen LogP) is 1.08. The predicted molar refractivity (Wildman–Crippen MR) is 64.2 cm³/mol. The summed E-state index contributed by atoms with van der Waals surface area (Å²) in [6, 6.07) is 0.0136. The van der Waals surface area contributed by atoms with Gasteiger partial charge in [0.05, 0.1) is 0 Å². The van der Waals surface area contributed by atoms with Crippen LogP contribution in [0.1, 0.15) is 33.6 Å². The van der Waals surface area contributed by atoms with Crippen molar-refractivity contribution in [2.75, 3.05) is 13.2 Å². The van der Waals surface area contributed by atoms with E-state index in [4.69, 9.17) is 10.5 Å². The number of nitrogens with two attached hydrogens (primary N) is 1. The number of hydrogen-bond donors (Lipinski definition) is 2. The molecule has 0 rings (SSSR count). The van der Waals surface area contributed by atoms with Crippen molar-refractivity contribution in [2.24, 2.45) is 5.73 Å². The number of nitrogens with one attached hydrogen (secondary N) is 1. The molecule has 0 aromatic heterocycles. The first-order valence-electron chi connectivity index (χ1n) is 5.23. The first kappa shape index (κ1) is 17.1. The van der Waals surface area contributed by atoms with Crippen molar-refractivity contribution in [3.8, 4) is 0 Å². The van der Waals surface area contributed by atoms with Gasteiger partial charge in [0.2, 0.25) is 5.91 Å². The maximum absolute atomic E-state index is 11.4. The summed E-state index contributed by atoms with van der Waals surface area (Å²) in [7, 11) is 0. The molecule has 0 aromatic rings. The molecule has 92 valence electrons. The lowest BCUT2D eigenvalue weighted by Crippen LogP contribution is -2.43. The van der Waals surface area contributed by atoms with E-state index in [-0.39, 0.29) is 30.5 Å². The van der Waals surface area contributed by atoms with Crippen LogP contribution in [-0.2, 0) is 9.53 Å². The average molecular weight is 239 g/mol. The minimum Gasteiger partial charge on any atom is -0.369 e. The minimum absolute atomic E-state index is 0. The Morgan fingerprint density at radius 2 is 2.07 bits per heavy atom. The molecule has 0 saturated heterocycles. The fraction of sp³-hybridized carbons (Fsp3) is 0.900. The molecule has 0 bridgehead atoms. The van der Waals surface area contributed by atoms with E-state index in [1.54, 1.807) is 6.92 Å². The number of halogens is 1. The van der Waals surface area contributed by atoms with E-state index in [1.165, 1.54) is 0 Å². The van der Waals surface area contributed by atoms with Gasteiger partial charge >= 0.3 is 0 Å². The van der Waals surface area contributed by atoms with Gasteiger partial charge in [0, 0.05) is 19.2 Å². The standard InChI is InChI=1S/C10H22N2O2.ClH/c1-4-5-6-14-9(3)10(13)12-8(2)7-11;/h8-9H,4-7,11H2,1-3H3,(H,12,13);1H/t8-,9?;/m0./s1. The fourth-order valence-electron chi connectivity index (χ4n) is 0.899. The Labute approximate surface area is 98.3 Å². The highest BCUT2D eigenvalue weighted by molar-refractivity contribution is 5.85. The monoisotopic (exact) mass is 238 g/mol. The van der Waals surface area contributed by atoms with Gasteiger partial charge in [0.1, 0.15) is 6.10 Å². The lowest BCUT2D eigenvalue weighted by atomic mass is 10.3. The molecule has 0 heterocycles. The molecule has 0 saturated carbocycles. The first-order valence-corrected chi connectivity index (χ1v) is 5.23. The van der Waals surface area contributed by atoms with Crippen molar-refractivity contribution < 1.29 is 9.53 Å². The van der Waals surface area contributed by atoms with Crippen LogP contribution in [0.15, 0.2) is 0 Å². The largest absolute Gasteiger partial charge is 0.369 e. The van der Waals surface area contributed by atoms with Crippen LogP contribution < -0.4 is 11.1 Å². The maximum Gasteiger partial charge on any atom is 0.249 e. The molecular formula is C10H23ClN2O2. The Morgan fingerprint density at radius 3 is 2.53 bits per heavy atom. The van der Waals surface area contributed by atoms with Crippen molar-refractivity contribution in [3.05, 3.63) is 0 Å². The van der Waals surface area contributed by atoms with Gasteiger partial charge in [-0.15, -0.1) is 12.4 Å². The smallest absolute Gasteiger partial charge is 0.249 e. The topological polar surface area (TPSA) is 64.3 Å². The average Bonchev–Trinajstić information content (AvgIpc) is 2.17. The summed E-state index contributed by atoms with van der Waals surface area (Å²) >= 11 is 0. The molecule has 1 amide bonds. The number of carbonyl (C=O) groups is 1. The van der Waals surface area contributed by atoms with E-state index >= 15 is 0 Å². The molecule has 0 radical (unpaired) electrons. The van der Waals surface area contributed by atoms with Gasteiger partial charge in [0.25, 0.3) is 0 Å². The second-order valence-corrected chi connectivity index (χ2v) is 3.51. The number of hydrogen-bond acceptors (Lipinski definition) is 3. The van der Waals surface area contributed by atoms with E-state index in [9.17, 15) is 4.79 Å². The molecule has 5 heteroatoms. The summed E-state index contributed by atoms with van der Waals surface area (Å²) < 4.78 is 5.34. The zero-order chi connectivity index (χ0) is 11.0. The number of rotatable bonds is 7. The Morgan fingerprint density at radius 1 is 1.47 bits per heavy atom. The molecule has 4 nitrogen and oxygen atoms in total. The Bertz CT molecular complexity index is 168. The van der Waals surface area contributed by atoms with Gasteiger partial charge in [-0.25, -0.2) is 0 Å². The molecule has 0 spiro atoms. The van der Waals surface area contributed by atoms with Crippen LogP contribution in [0.2, 0.25) is 0 Å². The van der Waals surface area contributed by atoms with E-state index < -0.39 is 0 Å². The van der Waals surface area contributed by atoms with Crippen molar-refractivity contribution in [1.29, 1.82) is 0 Å². The summed E-state index contributed by atoms with van der Waals surface area (Å²) in [4.78, 5) is 11.4. The quantitative estimate of drug-likeness (QED) is 0.653. The molecule has 0 aliphatic carbocycles. The summed E-state index contributed by atoms with van der Waals surface area (Å²) in [5, 5.41) is 2.77. The van der Waals surface area contributed by atoms with Gasteiger partial charge in [-0.1, -0.05) is 13.3 Å². The summed E-state index contributed by atoms with van der Waals surface area (Å²) in [6.07, 6.45) is 1.69. The third-order valence-corrected chi connectivity index (χ3v) is 1.98. The van der Waals surface area contributed by atoms with Crippen LogP contribution in [-0.4, -0.2) is 31.2 Å². The van der Waals surface area contributed by atoms with Gasteiger partial charge in [-0.05, 0) is 20.3 Å². The van der Waals surface area contributed by atoms with E-state index in [0.29, 0.717) is 13.2 Å². The lowest BCUT2D eigenvalue weighted by Gasteiger charge is -2.16. The highest BCUT2D eigenvalue weighted by atomic mass is 35.5. The van der Waals surface area contributed by atoms with Crippen LogP contribution in [0.5, 0.6) is 0 Å².